The van der Waals surface area contributed by atoms with E-state index in [0.29, 0.717) is 11.0 Å². The Hall–Kier alpha value is -0.910. The van der Waals surface area contributed by atoms with E-state index < -0.39 is 6.43 Å². The Morgan fingerprint density at radius 1 is 1.40 bits per heavy atom. The topological polar surface area (TPSA) is 31.4 Å². The van der Waals surface area contributed by atoms with Crippen molar-refractivity contribution < 1.29 is 18.3 Å². The second-order valence-electron chi connectivity index (χ2n) is 2.65. The normalized spacial score (nSPS) is 10.5. The molecule has 0 fully saturated rings. The summed E-state index contributed by atoms with van der Waals surface area (Å²) in [6.07, 6.45) is -1.39. The zero-order valence-corrected chi connectivity index (χ0v) is 9.85. The van der Waals surface area contributed by atoms with Crippen molar-refractivity contribution in [1.82, 2.24) is 4.98 Å². The van der Waals surface area contributed by atoms with Crippen LogP contribution in [0.15, 0.2) is 6.20 Å². The molecule has 0 aliphatic heterocycles. The van der Waals surface area contributed by atoms with Crippen molar-refractivity contribution >= 4 is 15.9 Å². The third-order valence-electron chi connectivity index (χ3n) is 1.88. The summed E-state index contributed by atoms with van der Waals surface area (Å²) in [6, 6.07) is 0. The summed E-state index contributed by atoms with van der Waals surface area (Å²) in [7, 11) is 2.64. The summed E-state index contributed by atoms with van der Waals surface area (Å²) in [5, 5.41) is 0.347. The minimum Gasteiger partial charge on any atom is -0.494 e. The monoisotopic (exact) mass is 281 g/mol. The van der Waals surface area contributed by atoms with E-state index in [-0.39, 0.29) is 17.1 Å². The highest BCUT2D eigenvalue weighted by atomic mass is 79.9. The van der Waals surface area contributed by atoms with Gasteiger partial charge < -0.3 is 9.47 Å². The molecule has 0 aliphatic carbocycles. The lowest BCUT2D eigenvalue weighted by atomic mass is 10.2. The standard InChI is InChI=1S/C9H10BrF2NO2/c1-14-6-4-13-5(3-10)8(15-2)7(6)9(11)12/h4,9H,3H2,1-2H3. The molecule has 0 unspecified atom stereocenters. The Balaban J connectivity index is 3.37. The quantitative estimate of drug-likeness (QED) is 0.796. The van der Waals surface area contributed by atoms with Gasteiger partial charge in [-0.3, -0.25) is 4.98 Å². The highest BCUT2D eigenvalue weighted by Gasteiger charge is 2.23. The highest BCUT2D eigenvalue weighted by molar-refractivity contribution is 9.08. The van der Waals surface area contributed by atoms with Gasteiger partial charge in [-0.25, -0.2) is 8.78 Å². The highest BCUT2D eigenvalue weighted by Crippen LogP contribution is 2.38. The van der Waals surface area contributed by atoms with Crippen LogP contribution in [0.4, 0.5) is 8.78 Å². The Morgan fingerprint density at radius 2 is 2.07 bits per heavy atom. The van der Waals surface area contributed by atoms with Crippen LogP contribution >= 0.6 is 15.9 Å². The van der Waals surface area contributed by atoms with E-state index in [2.05, 4.69) is 20.9 Å². The minimum atomic E-state index is -2.66. The molecule has 0 saturated heterocycles. The predicted molar refractivity (Wildman–Crippen MR) is 54.9 cm³/mol. The molecule has 6 heteroatoms. The Labute approximate surface area is 94.5 Å². The molecule has 0 aliphatic rings. The first-order valence-electron chi connectivity index (χ1n) is 4.09. The van der Waals surface area contributed by atoms with Crippen molar-refractivity contribution in [1.29, 1.82) is 0 Å². The molecule has 1 rings (SSSR count). The smallest absolute Gasteiger partial charge is 0.271 e. The van der Waals surface area contributed by atoms with Crippen LogP contribution in [0.5, 0.6) is 11.5 Å². The molecule has 0 saturated carbocycles. The molecule has 0 N–H and O–H groups in total. The van der Waals surface area contributed by atoms with E-state index in [9.17, 15) is 8.78 Å². The first-order valence-corrected chi connectivity index (χ1v) is 5.21. The van der Waals surface area contributed by atoms with Gasteiger partial charge >= 0.3 is 0 Å². The molecule has 1 aromatic heterocycles. The lowest BCUT2D eigenvalue weighted by Gasteiger charge is -2.14. The fraction of sp³-hybridized carbons (Fsp3) is 0.444. The largest absolute Gasteiger partial charge is 0.494 e. The van der Waals surface area contributed by atoms with Crippen LogP contribution in [0.3, 0.4) is 0 Å². The second-order valence-corrected chi connectivity index (χ2v) is 3.22. The molecular formula is C9H10BrF2NO2. The van der Waals surface area contributed by atoms with Gasteiger partial charge in [-0.1, -0.05) is 15.9 Å². The maximum absolute atomic E-state index is 12.8. The number of hydrogen-bond donors (Lipinski definition) is 0. The SMILES string of the molecule is COc1cnc(CBr)c(OC)c1C(F)F. The van der Waals surface area contributed by atoms with E-state index in [4.69, 9.17) is 9.47 Å². The Kier molecular flexibility index (Phi) is 4.26. The van der Waals surface area contributed by atoms with Gasteiger partial charge in [0.1, 0.15) is 11.3 Å². The fourth-order valence-electron chi connectivity index (χ4n) is 1.22. The summed E-state index contributed by atoms with van der Waals surface area (Å²) >= 11 is 3.15. The maximum Gasteiger partial charge on any atom is 0.271 e. The lowest BCUT2D eigenvalue weighted by Crippen LogP contribution is -2.02. The van der Waals surface area contributed by atoms with Gasteiger partial charge in [-0.15, -0.1) is 0 Å². The summed E-state index contributed by atoms with van der Waals surface area (Å²) < 4.78 is 35.3. The first kappa shape index (κ1) is 12.2. The number of nitrogens with zero attached hydrogens (tertiary/aromatic N) is 1. The molecule has 15 heavy (non-hydrogen) atoms. The van der Waals surface area contributed by atoms with Crippen molar-refractivity contribution in [3.63, 3.8) is 0 Å². The summed E-state index contributed by atoms with van der Waals surface area (Å²) in [4.78, 5) is 3.95. The van der Waals surface area contributed by atoms with Crippen LogP contribution in [0.25, 0.3) is 0 Å². The van der Waals surface area contributed by atoms with Gasteiger partial charge in [0.25, 0.3) is 6.43 Å². The average Bonchev–Trinajstić information content (AvgIpc) is 2.26. The number of methoxy groups -OCH3 is 2. The number of rotatable bonds is 4. The molecule has 0 radical (unpaired) electrons. The third kappa shape index (κ3) is 2.37. The molecule has 1 heterocycles. The van der Waals surface area contributed by atoms with Crippen molar-refractivity contribution in [2.24, 2.45) is 0 Å². The van der Waals surface area contributed by atoms with Crippen LogP contribution in [0.1, 0.15) is 17.7 Å². The van der Waals surface area contributed by atoms with Crippen molar-refractivity contribution in [3.8, 4) is 11.5 Å². The second kappa shape index (κ2) is 5.25. The number of aromatic nitrogens is 1. The van der Waals surface area contributed by atoms with E-state index in [1.54, 1.807) is 0 Å². The van der Waals surface area contributed by atoms with Gasteiger partial charge in [0.05, 0.1) is 26.1 Å². The summed E-state index contributed by atoms with van der Waals surface area (Å²) in [5.41, 5.74) is 0.165. The van der Waals surface area contributed by atoms with Crippen molar-refractivity contribution in [3.05, 3.63) is 17.5 Å². The van der Waals surface area contributed by atoms with E-state index in [1.165, 1.54) is 20.4 Å². The van der Waals surface area contributed by atoms with E-state index in [0.717, 1.165) is 0 Å². The number of alkyl halides is 3. The van der Waals surface area contributed by atoms with Gasteiger partial charge in [-0.05, 0) is 0 Å². The first-order chi connectivity index (χ1) is 7.15. The van der Waals surface area contributed by atoms with Crippen LogP contribution in [0, 0.1) is 0 Å². The van der Waals surface area contributed by atoms with Gasteiger partial charge in [0.15, 0.2) is 5.75 Å². The minimum absolute atomic E-state index is 0.0338. The summed E-state index contributed by atoms with van der Waals surface area (Å²) in [5.74, 6) is 0.104. The van der Waals surface area contributed by atoms with Crippen molar-refractivity contribution in [2.75, 3.05) is 14.2 Å². The average molecular weight is 282 g/mol. The van der Waals surface area contributed by atoms with Crippen LogP contribution in [0.2, 0.25) is 0 Å². The third-order valence-corrected chi connectivity index (χ3v) is 2.41. The molecule has 0 bridgehead atoms. The van der Waals surface area contributed by atoms with E-state index >= 15 is 0 Å². The molecule has 3 nitrogen and oxygen atoms in total. The Morgan fingerprint density at radius 3 is 2.47 bits per heavy atom. The Bertz CT molecular complexity index is 347. The van der Waals surface area contributed by atoms with Crippen LogP contribution in [-0.4, -0.2) is 19.2 Å². The fourth-order valence-corrected chi connectivity index (χ4v) is 1.62. The molecule has 1 aromatic rings. The number of hydrogen-bond acceptors (Lipinski definition) is 3. The van der Waals surface area contributed by atoms with E-state index in [1.807, 2.05) is 0 Å². The molecular weight excluding hydrogens is 272 g/mol. The van der Waals surface area contributed by atoms with Gasteiger partial charge in [-0.2, -0.15) is 0 Å². The zero-order chi connectivity index (χ0) is 11.4. The predicted octanol–water partition coefficient (Wildman–Crippen LogP) is 2.93. The van der Waals surface area contributed by atoms with Crippen molar-refractivity contribution in [2.45, 2.75) is 11.8 Å². The van der Waals surface area contributed by atoms with Crippen LogP contribution < -0.4 is 9.47 Å². The van der Waals surface area contributed by atoms with Gasteiger partial charge in [0.2, 0.25) is 0 Å². The van der Waals surface area contributed by atoms with Crippen LogP contribution in [-0.2, 0) is 5.33 Å². The molecule has 84 valence electrons. The molecule has 0 aromatic carbocycles. The number of ether oxygens (including phenoxy) is 2. The number of halogens is 3. The molecule has 0 atom stereocenters. The molecule has 0 amide bonds. The maximum atomic E-state index is 12.8. The molecule has 0 spiro atoms. The summed E-state index contributed by atoms with van der Waals surface area (Å²) in [6.45, 7) is 0. The lowest BCUT2D eigenvalue weighted by molar-refractivity contribution is 0.142. The zero-order valence-electron chi connectivity index (χ0n) is 8.26. The van der Waals surface area contributed by atoms with Gasteiger partial charge in [0, 0.05) is 5.33 Å². The number of pyridine rings is 1.